The van der Waals surface area contributed by atoms with Gasteiger partial charge in [0.2, 0.25) is 0 Å². The highest BCUT2D eigenvalue weighted by Gasteiger charge is 2.25. The number of nitrogens with zero attached hydrogens (tertiary/aromatic N) is 1. The Kier molecular flexibility index (Phi) is 3.78. The molecule has 0 radical (unpaired) electrons. The first-order chi connectivity index (χ1) is 7.25. The SMILES string of the molecule is CC(O)CC1CCCN1Cc1cccs1. The van der Waals surface area contributed by atoms with E-state index < -0.39 is 0 Å². The van der Waals surface area contributed by atoms with Crippen molar-refractivity contribution in [2.75, 3.05) is 6.54 Å². The third-order valence-corrected chi connectivity index (χ3v) is 3.91. The first-order valence-corrected chi connectivity index (χ1v) is 6.58. The maximum absolute atomic E-state index is 9.43. The highest BCUT2D eigenvalue weighted by Crippen LogP contribution is 2.24. The van der Waals surface area contributed by atoms with Crippen molar-refractivity contribution in [3.8, 4) is 0 Å². The molecule has 1 N–H and O–H groups in total. The van der Waals surface area contributed by atoms with Crippen LogP contribution in [-0.4, -0.2) is 28.7 Å². The van der Waals surface area contributed by atoms with Gasteiger partial charge in [-0.25, -0.2) is 0 Å². The lowest BCUT2D eigenvalue weighted by molar-refractivity contribution is 0.131. The quantitative estimate of drug-likeness (QED) is 0.851. The Bertz CT molecular complexity index is 284. The molecule has 1 aromatic heterocycles. The predicted octanol–water partition coefficient (Wildman–Crippen LogP) is 2.48. The molecule has 2 heterocycles. The van der Waals surface area contributed by atoms with Crippen LogP contribution in [-0.2, 0) is 6.54 Å². The van der Waals surface area contributed by atoms with Crippen LogP contribution in [0.5, 0.6) is 0 Å². The fourth-order valence-electron chi connectivity index (χ4n) is 2.37. The van der Waals surface area contributed by atoms with E-state index in [1.54, 1.807) is 0 Å². The summed E-state index contributed by atoms with van der Waals surface area (Å²) in [7, 11) is 0. The molecule has 0 aliphatic carbocycles. The van der Waals surface area contributed by atoms with Gasteiger partial charge in [0.1, 0.15) is 0 Å². The highest BCUT2D eigenvalue weighted by atomic mass is 32.1. The van der Waals surface area contributed by atoms with Gasteiger partial charge in [-0.05, 0) is 44.2 Å². The molecule has 1 aliphatic heterocycles. The van der Waals surface area contributed by atoms with Gasteiger partial charge in [-0.2, -0.15) is 0 Å². The second-order valence-electron chi connectivity index (χ2n) is 4.43. The summed E-state index contributed by atoms with van der Waals surface area (Å²) in [5.74, 6) is 0. The molecule has 1 saturated heterocycles. The number of aliphatic hydroxyl groups excluding tert-OH is 1. The smallest absolute Gasteiger partial charge is 0.0527 e. The monoisotopic (exact) mass is 225 g/mol. The fourth-order valence-corrected chi connectivity index (χ4v) is 3.10. The molecular formula is C12H19NOS. The van der Waals surface area contributed by atoms with E-state index in [-0.39, 0.29) is 6.10 Å². The van der Waals surface area contributed by atoms with E-state index in [1.165, 1.54) is 24.3 Å². The topological polar surface area (TPSA) is 23.5 Å². The molecule has 0 spiro atoms. The fraction of sp³-hybridized carbons (Fsp3) is 0.667. The minimum atomic E-state index is -0.168. The normalized spacial score (nSPS) is 24.5. The molecule has 0 bridgehead atoms. The van der Waals surface area contributed by atoms with Crippen molar-refractivity contribution in [1.29, 1.82) is 0 Å². The second kappa shape index (κ2) is 5.10. The van der Waals surface area contributed by atoms with E-state index in [0.717, 1.165) is 13.0 Å². The van der Waals surface area contributed by atoms with E-state index >= 15 is 0 Å². The summed E-state index contributed by atoms with van der Waals surface area (Å²) in [6.45, 7) is 4.14. The zero-order valence-electron chi connectivity index (χ0n) is 9.22. The number of likely N-dealkylation sites (tertiary alicyclic amines) is 1. The van der Waals surface area contributed by atoms with Crippen molar-refractivity contribution in [1.82, 2.24) is 4.90 Å². The Labute approximate surface area is 95.5 Å². The molecule has 2 nitrogen and oxygen atoms in total. The lowest BCUT2D eigenvalue weighted by Crippen LogP contribution is -2.31. The third kappa shape index (κ3) is 3.03. The van der Waals surface area contributed by atoms with Gasteiger partial charge in [-0.15, -0.1) is 11.3 Å². The predicted molar refractivity (Wildman–Crippen MR) is 64.0 cm³/mol. The first-order valence-electron chi connectivity index (χ1n) is 5.70. The Morgan fingerprint density at radius 2 is 2.53 bits per heavy atom. The van der Waals surface area contributed by atoms with Gasteiger partial charge in [-0.3, -0.25) is 4.90 Å². The summed E-state index contributed by atoms with van der Waals surface area (Å²) < 4.78 is 0. The standard InChI is InChI=1S/C12H19NOS/c1-10(14)8-11-4-2-6-13(11)9-12-5-3-7-15-12/h3,5,7,10-11,14H,2,4,6,8-9H2,1H3. The molecule has 1 aromatic rings. The molecule has 84 valence electrons. The van der Waals surface area contributed by atoms with Gasteiger partial charge >= 0.3 is 0 Å². The van der Waals surface area contributed by atoms with E-state index in [4.69, 9.17) is 0 Å². The average molecular weight is 225 g/mol. The van der Waals surface area contributed by atoms with Crippen LogP contribution in [0.25, 0.3) is 0 Å². The van der Waals surface area contributed by atoms with Crippen molar-refractivity contribution in [2.45, 2.75) is 44.9 Å². The molecule has 0 amide bonds. The molecule has 2 rings (SSSR count). The maximum atomic E-state index is 9.43. The Morgan fingerprint density at radius 1 is 1.67 bits per heavy atom. The van der Waals surface area contributed by atoms with Crippen LogP contribution >= 0.6 is 11.3 Å². The molecule has 3 heteroatoms. The number of aliphatic hydroxyl groups is 1. The zero-order valence-corrected chi connectivity index (χ0v) is 10.0. The van der Waals surface area contributed by atoms with Crippen LogP contribution in [0.15, 0.2) is 17.5 Å². The van der Waals surface area contributed by atoms with Crippen molar-refractivity contribution in [2.24, 2.45) is 0 Å². The van der Waals surface area contributed by atoms with E-state index in [2.05, 4.69) is 22.4 Å². The van der Waals surface area contributed by atoms with E-state index in [0.29, 0.717) is 6.04 Å². The van der Waals surface area contributed by atoms with Crippen LogP contribution < -0.4 is 0 Å². The van der Waals surface area contributed by atoms with Crippen molar-refractivity contribution in [3.63, 3.8) is 0 Å². The van der Waals surface area contributed by atoms with Gasteiger partial charge < -0.3 is 5.11 Å². The molecule has 1 aliphatic rings. The summed E-state index contributed by atoms with van der Waals surface area (Å²) in [4.78, 5) is 3.95. The summed E-state index contributed by atoms with van der Waals surface area (Å²) in [6, 6.07) is 4.90. The minimum Gasteiger partial charge on any atom is -0.393 e. The largest absolute Gasteiger partial charge is 0.393 e. The number of rotatable bonds is 4. The summed E-state index contributed by atoms with van der Waals surface area (Å²) in [5.41, 5.74) is 0. The van der Waals surface area contributed by atoms with Gasteiger partial charge in [0.05, 0.1) is 6.10 Å². The van der Waals surface area contributed by atoms with Crippen molar-refractivity contribution >= 4 is 11.3 Å². The van der Waals surface area contributed by atoms with Crippen LogP contribution in [0.4, 0.5) is 0 Å². The minimum absolute atomic E-state index is 0.168. The van der Waals surface area contributed by atoms with Gasteiger partial charge in [0.15, 0.2) is 0 Å². The van der Waals surface area contributed by atoms with Crippen LogP contribution in [0, 0.1) is 0 Å². The average Bonchev–Trinajstić information content (AvgIpc) is 2.78. The molecule has 0 saturated carbocycles. The zero-order chi connectivity index (χ0) is 10.7. The van der Waals surface area contributed by atoms with Crippen LogP contribution in [0.2, 0.25) is 0 Å². The highest BCUT2D eigenvalue weighted by molar-refractivity contribution is 7.09. The van der Waals surface area contributed by atoms with Crippen LogP contribution in [0.3, 0.4) is 0 Å². The number of hydrogen-bond acceptors (Lipinski definition) is 3. The third-order valence-electron chi connectivity index (χ3n) is 3.05. The first kappa shape index (κ1) is 11.1. The summed E-state index contributed by atoms with van der Waals surface area (Å²) in [6.07, 6.45) is 3.28. The van der Waals surface area contributed by atoms with Crippen LogP contribution in [0.1, 0.15) is 31.1 Å². The number of hydrogen-bond donors (Lipinski definition) is 1. The Hall–Kier alpha value is -0.380. The van der Waals surface area contributed by atoms with Crippen molar-refractivity contribution in [3.05, 3.63) is 22.4 Å². The van der Waals surface area contributed by atoms with Gasteiger partial charge in [0, 0.05) is 17.5 Å². The van der Waals surface area contributed by atoms with Crippen molar-refractivity contribution < 1.29 is 5.11 Å². The molecule has 1 fully saturated rings. The molecular weight excluding hydrogens is 206 g/mol. The molecule has 2 atom stereocenters. The maximum Gasteiger partial charge on any atom is 0.0527 e. The van der Waals surface area contributed by atoms with E-state index in [9.17, 15) is 5.11 Å². The summed E-state index contributed by atoms with van der Waals surface area (Å²) in [5, 5.41) is 11.6. The lowest BCUT2D eigenvalue weighted by Gasteiger charge is -2.24. The molecule has 2 unspecified atom stereocenters. The van der Waals surface area contributed by atoms with Gasteiger partial charge in [-0.1, -0.05) is 6.07 Å². The number of thiophene rings is 1. The molecule has 15 heavy (non-hydrogen) atoms. The van der Waals surface area contributed by atoms with Gasteiger partial charge in [0.25, 0.3) is 0 Å². The molecule has 0 aromatic carbocycles. The second-order valence-corrected chi connectivity index (χ2v) is 5.46. The van der Waals surface area contributed by atoms with E-state index in [1.807, 2.05) is 18.3 Å². The Morgan fingerprint density at radius 3 is 3.20 bits per heavy atom. The lowest BCUT2D eigenvalue weighted by atomic mass is 10.1. The summed E-state index contributed by atoms with van der Waals surface area (Å²) >= 11 is 1.83. The Balaban J connectivity index is 1.90.